The smallest absolute Gasteiger partial charge is 0.0568 e. The van der Waals surface area contributed by atoms with Crippen LogP contribution in [0.2, 0.25) is 0 Å². The third-order valence-electron chi connectivity index (χ3n) is 3.39. The summed E-state index contributed by atoms with van der Waals surface area (Å²) in [5, 5.41) is 3.54. The average molecular weight is 219 g/mol. The second-order valence-electron chi connectivity index (χ2n) is 4.96. The van der Waals surface area contributed by atoms with Crippen LogP contribution in [0.4, 0.5) is 17.1 Å². The molecule has 0 saturated heterocycles. The zero-order chi connectivity index (χ0) is 11.5. The molecular weight excluding hydrogens is 198 g/mol. The summed E-state index contributed by atoms with van der Waals surface area (Å²) in [6.45, 7) is 2.32. The Morgan fingerprint density at radius 3 is 2.69 bits per heavy atom. The highest BCUT2D eigenvalue weighted by molar-refractivity contribution is 5.69. The number of benzene rings is 1. The van der Waals surface area contributed by atoms with Crippen molar-refractivity contribution in [3.05, 3.63) is 18.2 Å². The van der Waals surface area contributed by atoms with Crippen molar-refractivity contribution in [2.45, 2.75) is 38.6 Å². The Morgan fingerprint density at radius 1 is 1.19 bits per heavy atom. The van der Waals surface area contributed by atoms with Gasteiger partial charge in [0.25, 0.3) is 0 Å². The molecule has 1 fully saturated rings. The van der Waals surface area contributed by atoms with Gasteiger partial charge in [0.1, 0.15) is 0 Å². The third kappa shape index (κ3) is 2.60. The highest BCUT2D eigenvalue weighted by Gasteiger charge is 2.18. The van der Waals surface area contributed by atoms with E-state index in [9.17, 15) is 0 Å². The van der Waals surface area contributed by atoms with Crippen molar-refractivity contribution in [2.75, 3.05) is 16.8 Å². The van der Waals surface area contributed by atoms with E-state index in [0.29, 0.717) is 17.4 Å². The van der Waals surface area contributed by atoms with Gasteiger partial charge in [-0.3, -0.25) is 0 Å². The first-order valence-corrected chi connectivity index (χ1v) is 6.06. The molecule has 0 aliphatic heterocycles. The maximum atomic E-state index is 5.79. The summed E-state index contributed by atoms with van der Waals surface area (Å²) in [4.78, 5) is 0. The van der Waals surface area contributed by atoms with Crippen LogP contribution in [-0.2, 0) is 0 Å². The van der Waals surface area contributed by atoms with E-state index >= 15 is 0 Å². The number of anilines is 3. The number of nitrogens with one attached hydrogen (secondary N) is 1. The summed E-state index contributed by atoms with van der Waals surface area (Å²) < 4.78 is 0. The maximum absolute atomic E-state index is 5.79. The maximum Gasteiger partial charge on any atom is 0.0568 e. The van der Waals surface area contributed by atoms with Crippen molar-refractivity contribution in [1.82, 2.24) is 0 Å². The van der Waals surface area contributed by atoms with Crippen LogP contribution in [0.3, 0.4) is 0 Å². The van der Waals surface area contributed by atoms with E-state index in [1.165, 1.54) is 25.7 Å². The minimum atomic E-state index is 0.590. The van der Waals surface area contributed by atoms with E-state index in [-0.39, 0.29) is 0 Å². The van der Waals surface area contributed by atoms with Crippen LogP contribution >= 0.6 is 0 Å². The number of nitrogens with two attached hydrogens (primary N) is 2. The van der Waals surface area contributed by atoms with Crippen LogP contribution in [0.5, 0.6) is 0 Å². The van der Waals surface area contributed by atoms with Gasteiger partial charge in [0.15, 0.2) is 0 Å². The SMILES string of the molecule is CC1CCCC(Nc2ccc(N)c(N)c2)C1. The van der Waals surface area contributed by atoms with E-state index in [0.717, 1.165) is 11.6 Å². The molecule has 88 valence electrons. The first kappa shape index (κ1) is 11.1. The number of nitrogen functional groups attached to an aromatic ring is 2. The number of rotatable bonds is 2. The Hall–Kier alpha value is -1.38. The standard InChI is InChI=1S/C13H21N3/c1-9-3-2-4-10(7-9)16-11-5-6-12(14)13(15)8-11/h5-6,8-10,16H,2-4,7,14-15H2,1H3. The van der Waals surface area contributed by atoms with Crippen LogP contribution in [-0.4, -0.2) is 6.04 Å². The lowest BCUT2D eigenvalue weighted by Crippen LogP contribution is -2.26. The van der Waals surface area contributed by atoms with Gasteiger partial charge in [-0.05, 0) is 37.0 Å². The summed E-state index contributed by atoms with van der Waals surface area (Å²) in [7, 11) is 0. The summed E-state index contributed by atoms with van der Waals surface area (Å²) in [5.74, 6) is 0.831. The molecule has 0 heterocycles. The van der Waals surface area contributed by atoms with Crippen LogP contribution < -0.4 is 16.8 Å². The largest absolute Gasteiger partial charge is 0.397 e. The molecule has 2 atom stereocenters. The molecule has 5 N–H and O–H groups in total. The molecule has 0 radical (unpaired) electrons. The lowest BCUT2D eigenvalue weighted by molar-refractivity contribution is 0.358. The fraction of sp³-hybridized carbons (Fsp3) is 0.538. The predicted octanol–water partition coefficient (Wildman–Crippen LogP) is 2.84. The fourth-order valence-electron chi connectivity index (χ4n) is 2.47. The van der Waals surface area contributed by atoms with Gasteiger partial charge in [-0.1, -0.05) is 19.8 Å². The number of hydrogen-bond donors (Lipinski definition) is 3. The van der Waals surface area contributed by atoms with E-state index in [2.05, 4.69) is 12.2 Å². The monoisotopic (exact) mass is 219 g/mol. The quantitative estimate of drug-likeness (QED) is 0.670. The predicted molar refractivity (Wildman–Crippen MR) is 70.3 cm³/mol. The minimum Gasteiger partial charge on any atom is -0.397 e. The van der Waals surface area contributed by atoms with Gasteiger partial charge >= 0.3 is 0 Å². The Kier molecular flexibility index (Phi) is 3.22. The average Bonchev–Trinajstić information content (AvgIpc) is 2.24. The van der Waals surface area contributed by atoms with Gasteiger partial charge in [-0.2, -0.15) is 0 Å². The second kappa shape index (κ2) is 4.64. The lowest BCUT2D eigenvalue weighted by atomic mass is 9.87. The van der Waals surface area contributed by atoms with Crippen molar-refractivity contribution in [2.24, 2.45) is 5.92 Å². The molecule has 1 aromatic carbocycles. The Labute approximate surface area is 97.2 Å². The van der Waals surface area contributed by atoms with Crippen LogP contribution in [0.25, 0.3) is 0 Å². The first-order valence-electron chi connectivity index (χ1n) is 6.06. The molecule has 3 heteroatoms. The second-order valence-corrected chi connectivity index (χ2v) is 4.96. The molecule has 2 rings (SSSR count). The van der Waals surface area contributed by atoms with E-state index in [4.69, 9.17) is 11.5 Å². The first-order chi connectivity index (χ1) is 7.65. The summed E-state index contributed by atoms with van der Waals surface area (Å²) in [6, 6.07) is 6.38. The van der Waals surface area contributed by atoms with E-state index < -0.39 is 0 Å². The summed E-state index contributed by atoms with van der Waals surface area (Å²) >= 11 is 0. The van der Waals surface area contributed by atoms with Crippen LogP contribution in [0.1, 0.15) is 32.6 Å². The van der Waals surface area contributed by atoms with Gasteiger partial charge in [0.05, 0.1) is 11.4 Å². The van der Waals surface area contributed by atoms with Crippen molar-refractivity contribution >= 4 is 17.1 Å². The van der Waals surface area contributed by atoms with Gasteiger partial charge < -0.3 is 16.8 Å². The highest BCUT2D eigenvalue weighted by atomic mass is 14.9. The van der Waals surface area contributed by atoms with Gasteiger partial charge in [-0.15, -0.1) is 0 Å². The summed E-state index contributed by atoms with van der Waals surface area (Å²) in [5.41, 5.74) is 13.9. The zero-order valence-corrected chi connectivity index (χ0v) is 9.87. The van der Waals surface area contributed by atoms with Crippen LogP contribution in [0, 0.1) is 5.92 Å². The molecule has 0 spiro atoms. The molecule has 1 aliphatic rings. The normalized spacial score (nSPS) is 25.3. The third-order valence-corrected chi connectivity index (χ3v) is 3.39. The zero-order valence-electron chi connectivity index (χ0n) is 9.87. The van der Waals surface area contributed by atoms with Gasteiger partial charge in [0.2, 0.25) is 0 Å². The molecule has 1 saturated carbocycles. The topological polar surface area (TPSA) is 64.1 Å². The molecule has 0 bridgehead atoms. The molecule has 3 nitrogen and oxygen atoms in total. The van der Waals surface area contributed by atoms with Crippen molar-refractivity contribution in [3.63, 3.8) is 0 Å². The van der Waals surface area contributed by atoms with Gasteiger partial charge in [-0.25, -0.2) is 0 Å². The molecule has 0 aromatic heterocycles. The van der Waals surface area contributed by atoms with Gasteiger partial charge in [0, 0.05) is 11.7 Å². The van der Waals surface area contributed by atoms with Crippen LogP contribution in [0.15, 0.2) is 18.2 Å². The summed E-state index contributed by atoms with van der Waals surface area (Å²) in [6.07, 6.45) is 5.20. The van der Waals surface area contributed by atoms with E-state index in [1.54, 1.807) is 0 Å². The minimum absolute atomic E-state index is 0.590. The van der Waals surface area contributed by atoms with Crippen molar-refractivity contribution in [3.8, 4) is 0 Å². The Bertz CT molecular complexity index is 362. The van der Waals surface area contributed by atoms with Crippen molar-refractivity contribution in [1.29, 1.82) is 0 Å². The lowest BCUT2D eigenvalue weighted by Gasteiger charge is -2.28. The fourth-order valence-corrected chi connectivity index (χ4v) is 2.47. The molecule has 1 aliphatic carbocycles. The Morgan fingerprint density at radius 2 is 2.00 bits per heavy atom. The number of hydrogen-bond acceptors (Lipinski definition) is 3. The molecule has 2 unspecified atom stereocenters. The molecule has 1 aromatic rings. The van der Waals surface area contributed by atoms with E-state index in [1.807, 2.05) is 18.2 Å². The highest BCUT2D eigenvalue weighted by Crippen LogP contribution is 2.27. The van der Waals surface area contributed by atoms with Crippen molar-refractivity contribution < 1.29 is 0 Å². The molecular formula is C13H21N3. The molecule has 0 amide bonds. The Balaban J connectivity index is 2.00. The molecule has 16 heavy (non-hydrogen) atoms.